The Bertz CT molecular complexity index is 584. The maximum absolute atomic E-state index is 11.8. The fourth-order valence-corrected chi connectivity index (χ4v) is 2.31. The van der Waals surface area contributed by atoms with Gasteiger partial charge in [0.25, 0.3) is 0 Å². The molecule has 1 aliphatic rings. The first-order valence-corrected chi connectivity index (χ1v) is 5.92. The van der Waals surface area contributed by atoms with E-state index in [2.05, 4.69) is 15.0 Å². The summed E-state index contributed by atoms with van der Waals surface area (Å²) in [6.07, 6.45) is 1.87. The highest BCUT2D eigenvalue weighted by atomic mass is 16.1. The second kappa shape index (κ2) is 4.22. The summed E-state index contributed by atoms with van der Waals surface area (Å²) in [4.78, 5) is 11.8. The second-order valence-corrected chi connectivity index (χ2v) is 4.25. The molecule has 0 amide bonds. The molecule has 1 aromatic heterocycles. The number of rotatable bonds is 1. The highest BCUT2D eigenvalue weighted by molar-refractivity contribution is 5.78. The summed E-state index contributed by atoms with van der Waals surface area (Å²) in [6, 6.07) is 9.41. The number of para-hydroxylation sites is 1. The van der Waals surface area contributed by atoms with Crippen LogP contribution in [0.1, 0.15) is 0 Å². The first-order chi connectivity index (χ1) is 8.36. The summed E-state index contributed by atoms with van der Waals surface area (Å²) >= 11 is 0. The van der Waals surface area contributed by atoms with Crippen LogP contribution < -0.4 is 15.8 Å². The van der Waals surface area contributed by atoms with Crippen molar-refractivity contribution in [2.45, 2.75) is 0 Å². The van der Waals surface area contributed by atoms with E-state index in [1.54, 1.807) is 6.07 Å². The molecule has 88 valence electrons. The Kier molecular flexibility index (Phi) is 2.57. The Morgan fingerprint density at radius 1 is 1.06 bits per heavy atom. The van der Waals surface area contributed by atoms with Gasteiger partial charge in [0.1, 0.15) is 0 Å². The van der Waals surface area contributed by atoms with E-state index in [9.17, 15) is 4.79 Å². The molecular weight excluding hydrogens is 214 g/mol. The van der Waals surface area contributed by atoms with E-state index >= 15 is 0 Å². The molecule has 0 unspecified atom stereocenters. The standard InChI is InChI=1S/C13H15N3O/c17-13-5-8-16(15-9-6-14-7-10-15)12-4-2-1-3-11(12)13/h1-5,8,14H,6-7,9-10H2. The van der Waals surface area contributed by atoms with Gasteiger partial charge in [-0.3, -0.25) is 9.47 Å². The molecule has 3 rings (SSSR count). The van der Waals surface area contributed by atoms with Gasteiger partial charge in [-0.2, -0.15) is 0 Å². The van der Waals surface area contributed by atoms with Crippen LogP contribution in [0.25, 0.3) is 10.9 Å². The maximum atomic E-state index is 11.8. The zero-order chi connectivity index (χ0) is 11.7. The van der Waals surface area contributed by atoms with Crippen molar-refractivity contribution >= 4 is 10.9 Å². The summed E-state index contributed by atoms with van der Waals surface area (Å²) in [7, 11) is 0. The van der Waals surface area contributed by atoms with Crippen molar-refractivity contribution in [1.82, 2.24) is 9.99 Å². The van der Waals surface area contributed by atoms with Gasteiger partial charge >= 0.3 is 0 Å². The van der Waals surface area contributed by atoms with E-state index in [4.69, 9.17) is 0 Å². The minimum atomic E-state index is 0.0898. The van der Waals surface area contributed by atoms with Gasteiger partial charge in [0.15, 0.2) is 5.43 Å². The molecule has 0 spiro atoms. The number of aromatic nitrogens is 1. The predicted molar refractivity (Wildman–Crippen MR) is 69.0 cm³/mol. The van der Waals surface area contributed by atoms with Crippen molar-refractivity contribution in [3.05, 3.63) is 46.8 Å². The topological polar surface area (TPSA) is 37.3 Å². The lowest BCUT2D eigenvalue weighted by Gasteiger charge is -2.32. The van der Waals surface area contributed by atoms with Crippen molar-refractivity contribution in [2.75, 3.05) is 31.2 Å². The highest BCUT2D eigenvalue weighted by Gasteiger charge is 2.11. The van der Waals surface area contributed by atoms with Crippen molar-refractivity contribution in [1.29, 1.82) is 0 Å². The van der Waals surface area contributed by atoms with Crippen molar-refractivity contribution < 1.29 is 0 Å². The largest absolute Gasteiger partial charge is 0.313 e. The Hall–Kier alpha value is -1.81. The third-order valence-corrected chi connectivity index (χ3v) is 3.18. The van der Waals surface area contributed by atoms with Crippen molar-refractivity contribution in [3.8, 4) is 0 Å². The van der Waals surface area contributed by atoms with Gasteiger partial charge in [0, 0.05) is 43.8 Å². The van der Waals surface area contributed by atoms with E-state index in [0.717, 1.165) is 37.1 Å². The van der Waals surface area contributed by atoms with Gasteiger partial charge in [-0.15, -0.1) is 0 Å². The van der Waals surface area contributed by atoms with E-state index in [1.165, 1.54) is 0 Å². The summed E-state index contributed by atoms with van der Waals surface area (Å²) in [5.74, 6) is 0. The quantitative estimate of drug-likeness (QED) is 0.775. The third kappa shape index (κ3) is 1.80. The SMILES string of the molecule is O=c1ccn(N2CCNCC2)c2ccccc12. The molecule has 1 saturated heterocycles. The Morgan fingerprint density at radius 2 is 1.82 bits per heavy atom. The van der Waals surface area contributed by atoms with Gasteiger partial charge in [-0.05, 0) is 12.1 Å². The lowest BCUT2D eigenvalue weighted by molar-refractivity contribution is 0.498. The van der Waals surface area contributed by atoms with E-state index in [0.29, 0.717) is 0 Å². The minimum Gasteiger partial charge on any atom is -0.313 e. The fourth-order valence-electron chi connectivity index (χ4n) is 2.31. The normalized spacial score (nSPS) is 16.4. The molecule has 0 radical (unpaired) electrons. The first-order valence-electron chi connectivity index (χ1n) is 5.92. The van der Waals surface area contributed by atoms with Crippen LogP contribution in [-0.2, 0) is 0 Å². The Balaban J connectivity index is 2.16. The number of fused-ring (bicyclic) bond motifs is 1. The van der Waals surface area contributed by atoms with Gasteiger partial charge in [-0.25, -0.2) is 0 Å². The number of nitrogens with zero attached hydrogens (tertiary/aromatic N) is 2. The molecule has 0 atom stereocenters. The molecule has 2 heterocycles. The molecule has 1 N–H and O–H groups in total. The zero-order valence-corrected chi connectivity index (χ0v) is 9.60. The third-order valence-electron chi connectivity index (χ3n) is 3.18. The lowest BCUT2D eigenvalue weighted by Crippen LogP contribution is -2.49. The number of hydrogen-bond acceptors (Lipinski definition) is 3. The van der Waals surface area contributed by atoms with E-state index in [1.807, 2.05) is 30.5 Å². The number of nitrogens with one attached hydrogen (secondary N) is 1. The smallest absolute Gasteiger partial charge is 0.189 e. The van der Waals surface area contributed by atoms with Crippen LogP contribution in [0.15, 0.2) is 41.3 Å². The van der Waals surface area contributed by atoms with Crippen LogP contribution in [0.2, 0.25) is 0 Å². The molecule has 0 aliphatic carbocycles. The van der Waals surface area contributed by atoms with Crippen LogP contribution in [-0.4, -0.2) is 30.9 Å². The average molecular weight is 229 g/mol. The highest BCUT2D eigenvalue weighted by Crippen LogP contribution is 2.10. The predicted octanol–water partition coefficient (Wildman–Crippen LogP) is 0.543. The Morgan fingerprint density at radius 3 is 2.65 bits per heavy atom. The second-order valence-electron chi connectivity index (χ2n) is 4.25. The lowest BCUT2D eigenvalue weighted by atomic mass is 10.2. The van der Waals surface area contributed by atoms with Gasteiger partial charge < -0.3 is 10.3 Å². The van der Waals surface area contributed by atoms with E-state index in [-0.39, 0.29) is 5.43 Å². The summed E-state index contributed by atoms with van der Waals surface area (Å²) in [5.41, 5.74) is 1.08. The van der Waals surface area contributed by atoms with Crippen LogP contribution in [0, 0.1) is 0 Å². The molecule has 4 heteroatoms. The van der Waals surface area contributed by atoms with Crippen molar-refractivity contribution in [2.24, 2.45) is 0 Å². The average Bonchev–Trinajstić information content (AvgIpc) is 2.41. The molecule has 0 saturated carbocycles. The van der Waals surface area contributed by atoms with E-state index < -0.39 is 0 Å². The fraction of sp³-hybridized carbons (Fsp3) is 0.308. The molecule has 2 aromatic rings. The summed E-state index contributed by atoms with van der Waals surface area (Å²) < 4.78 is 2.09. The molecule has 1 fully saturated rings. The number of hydrogen-bond donors (Lipinski definition) is 1. The zero-order valence-electron chi connectivity index (χ0n) is 9.60. The summed E-state index contributed by atoms with van der Waals surface area (Å²) in [5, 5.41) is 6.38. The minimum absolute atomic E-state index is 0.0898. The molecular formula is C13H15N3O. The van der Waals surface area contributed by atoms with Crippen LogP contribution in [0.5, 0.6) is 0 Å². The number of pyridine rings is 1. The van der Waals surface area contributed by atoms with Crippen LogP contribution in [0.4, 0.5) is 0 Å². The first kappa shape index (κ1) is 10.4. The monoisotopic (exact) mass is 229 g/mol. The molecule has 0 bridgehead atoms. The maximum Gasteiger partial charge on any atom is 0.189 e. The molecule has 1 aliphatic heterocycles. The van der Waals surface area contributed by atoms with Gasteiger partial charge in [0.05, 0.1) is 5.52 Å². The molecule has 4 nitrogen and oxygen atoms in total. The number of piperazine rings is 1. The number of benzene rings is 1. The van der Waals surface area contributed by atoms with Crippen LogP contribution in [0.3, 0.4) is 0 Å². The summed E-state index contributed by atoms with van der Waals surface area (Å²) in [6.45, 7) is 3.90. The van der Waals surface area contributed by atoms with Crippen molar-refractivity contribution in [3.63, 3.8) is 0 Å². The van der Waals surface area contributed by atoms with Gasteiger partial charge in [0.2, 0.25) is 0 Å². The Labute approximate surface area is 99.4 Å². The van der Waals surface area contributed by atoms with Gasteiger partial charge in [-0.1, -0.05) is 12.1 Å². The molecule has 17 heavy (non-hydrogen) atoms. The molecule has 1 aromatic carbocycles. The van der Waals surface area contributed by atoms with Crippen LogP contribution >= 0.6 is 0 Å².